The van der Waals surface area contributed by atoms with E-state index >= 15 is 0 Å². The minimum absolute atomic E-state index is 0. The zero-order valence-corrected chi connectivity index (χ0v) is 17.6. The van der Waals surface area contributed by atoms with Crippen LogP contribution in [0.25, 0.3) is 0 Å². The number of hydrogen-bond acceptors (Lipinski definition) is 4. The number of nitrogens with one attached hydrogen (secondary N) is 1. The van der Waals surface area contributed by atoms with E-state index in [4.69, 9.17) is 10.5 Å². The Bertz CT molecular complexity index is 535. The summed E-state index contributed by atoms with van der Waals surface area (Å²) in [7, 11) is 1.54. The Kier molecular flexibility index (Phi) is 12.1. The normalized spacial score (nSPS) is 21.2. The van der Waals surface area contributed by atoms with Crippen molar-refractivity contribution < 1.29 is 9.53 Å². The summed E-state index contributed by atoms with van der Waals surface area (Å²) < 4.78 is 4.93. The summed E-state index contributed by atoms with van der Waals surface area (Å²) in [6.07, 6.45) is 1.31. The van der Waals surface area contributed by atoms with Gasteiger partial charge in [-0.15, -0.1) is 24.8 Å². The fraction of sp³-hybridized carbons (Fsp3) is 0.632. The van der Waals surface area contributed by atoms with E-state index in [-0.39, 0.29) is 37.3 Å². The molecule has 0 bridgehead atoms. The molecule has 0 spiro atoms. The van der Waals surface area contributed by atoms with Gasteiger partial charge in [0.05, 0.1) is 6.61 Å². The molecule has 5 nitrogen and oxygen atoms in total. The number of halogens is 2. The third-order valence-electron chi connectivity index (χ3n) is 4.59. The van der Waals surface area contributed by atoms with Gasteiger partial charge in [-0.05, 0) is 29.4 Å². The Hall–Kier alpha value is -0.850. The van der Waals surface area contributed by atoms with Crippen molar-refractivity contribution in [3.05, 3.63) is 35.4 Å². The largest absolute Gasteiger partial charge is 0.383 e. The van der Waals surface area contributed by atoms with Crippen LogP contribution in [0.3, 0.4) is 0 Å². The lowest BCUT2D eigenvalue weighted by molar-refractivity contribution is -0.123. The number of piperidine rings is 1. The van der Waals surface area contributed by atoms with Crippen LogP contribution in [0.5, 0.6) is 0 Å². The van der Waals surface area contributed by atoms with Gasteiger partial charge in [0.2, 0.25) is 5.91 Å². The average molecular weight is 406 g/mol. The molecule has 26 heavy (non-hydrogen) atoms. The van der Waals surface area contributed by atoms with Gasteiger partial charge in [0.1, 0.15) is 6.04 Å². The molecule has 1 fully saturated rings. The number of carbonyl (C=O) groups excluding carboxylic acids is 1. The molecule has 1 aliphatic heterocycles. The van der Waals surface area contributed by atoms with Crippen molar-refractivity contribution >= 4 is 30.7 Å². The molecule has 1 amide bonds. The quantitative estimate of drug-likeness (QED) is 0.731. The van der Waals surface area contributed by atoms with Crippen molar-refractivity contribution in [3.63, 3.8) is 0 Å². The molecule has 3 atom stereocenters. The number of ether oxygens (including phenoxy) is 1. The number of benzene rings is 1. The zero-order valence-electron chi connectivity index (χ0n) is 15.9. The summed E-state index contributed by atoms with van der Waals surface area (Å²) in [4.78, 5) is 14.5. The van der Waals surface area contributed by atoms with Gasteiger partial charge in [-0.3, -0.25) is 9.69 Å². The monoisotopic (exact) mass is 405 g/mol. The molecule has 0 saturated carbocycles. The first-order chi connectivity index (χ1) is 11.5. The van der Waals surface area contributed by atoms with Crippen LogP contribution < -0.4 is 11.1 Å². The smallest absolute Gasteiger partial charge is 0.239 e. The first-order valence-electron chi connectivity index (χ1n) is 8.81. The second-order valence-electron chi connectivity index (χ2n) is 7.19. The molecule has 3 N–H and O–H groups in total. The van der Waals surface area contributed by atoms with E-state index in [1.165, 1.54) is 12.0 Å². The number of nitrogens with two attached hydrogens (primary N) is 1. The van der Waals surface area contributed by atoms with E-state index in [0.717, 1.165) is 37.0 Å². The molecule has 2 rings (SSSR count). The van der Waals surface area contributed by atoms with E-state index in [1.807, 2.05) is 6.07 Å². The zero-order chi connectivity index (χ0) is 17.5. The predicted molar refractivity (Wildman–Crippen MR) is 111 cm³/mol. The van der Waals surface area contributed by atoms with Crippen molar-refractivity contribution in [2.45, 2.75) is 39.4 Å². The standard InChI is InChI=1S/C19H31N3O2.2ClH/c1-14-8-15(2)11-22(10-14)12-17-7-5-4-6-16(17)9-21-19(23)18(20)13-24-3;;/h4-7,14-15,18H,8-13,20H2,1-3H3,(H,21,23);2*1H. The maximum absolute atomic E-state index is 12.0. The highest BCUT2D eigenvalue weighted by atomic mass is 35.5. The highest BCUT2D eigenvalue weighted by Crippen LogP contribution is 2.23. The molecule has 0 aliphatic carbocycles. The average Bonchev–Trinajstić information content (AvgIpc) is 2.53. The number of rotatable bonds is 7. The Labute approximate surface area is 169 Å². The Balaban J connectivity index is 0.00000312. The first kappa shape index (κ1) is 25.1. The van der Waals surface area contributed by atoms with Crippen molar-refractivity contribution in [3.8, 4) is 0 Å². The molecule has 0 radical (unpaired) electrons. The summed E-state index contributed by atoms with van der Waals surface area (Å²) in [6.45, 7) is 8.61. The lowest BCUT2D eigenvalue weighted by atomic mass is 9.91. The highest BCUT2D eigenvalue weighted by Gasteiger charge is 2.22. The van der Waals surface area contributed by atoms with Crippen LogP contribution in [0, 0.1) is 11.8 Å². The van der Waals surface area contributed by atoms with Crippen molar-refractivity contribution in [2.75, 3.05) is 26.8 Å². The van der Waals surface area contributed by atoms with Crippen LogP contribution in [0.15, 0.2) is 24.3 Å². The maximum Gasteiger partial charge on any atom is 0.239 e. The minimum atomic E-state index is -0.619. The van der Waals surface area contributed by atoms with Crippen molar-refractivity contribution in [1.29, 1.82) is 0 Å². The summed E-state index contributed by atoms with van der Waals surface area (Å²) in [5, 5.41) is 2.92. The molecule has 150 valence electrons. The Morgan fingerprint density at radius 3 is 2.38 bits per heavy atom. The Morgan fingerprint density at radius 1 is 1.23 bits per heavy atom. The fourth-order valence-corrected chi connectivity index (χ4v) is 3.61. The van der Waals surface area contributed by atoms with Gasteiger partial charge >= 0.3 is 0 Å². The number of carbonyl (C=O) groups is 1. The topological polar surface area (TPSA) is 67.6 Å². The Morgan fingerprint density at radius 2 is 1.81 bits per heavy atom. The van der Waals surface area contributed by atoms with Gasteiger partial charge in [-0.1, -0.05) is 38.1 Å². The van der Waals surface area contributed by atoms with Crippen molar-refractivity contribution in [1.82, 2.24) is 10.2 Å². The summed E-state index contributed by atoms with van der Waals surface area (Å²) in [5.41, 5.74) is 8.20. The molecule has 0 aromatic heterocycles. The molecule has 1 aromatic rings. The van der Waals surface area contributed by atoms with Crippen LogP contribution in [-0.2, 0) is 22.6 Å². The lowest BCUT2D eigenvalue weighted by Gasteiger charge is -2.35. The highest BCUT2D eigenvalue weighted by molar-refractivity contribution is 5.85. The molecular weight excluding hydrogens is 373 g/mol. The lowest BCUT2D eigenvalue weighted by Crippen LogP contribution is -2.43. The molecule has 1 aromatic carbocycles. The molecule has 7 heteroatoms. The van der Waals surface area contributed by atoms with Gasteiger partial charge < -0.3 is 15.8 Å². The third kappa shape index (κ3) is 7.80. The second kappa shape index (κ2) is 12.5. The predicted octanol–water partition coefficient (Wildman–Crippen LogP) is 2.60. The third-order valence-corrected chi connectivity index (χ3v) is 4.59. The van der Waals surface area contributed by atoms with Gasteiger partial charge in [0.15, 0.2) is 0 Å². The number of hydrogen-bond donors (Lipinski definition) is 2. The van der Waals surface area contributed by atoms with E-state index in [0.29, 0.717) is 6.54 Å². The summed E-state index contributed by atoms with van der Waals surface area (Å²) in [6, 6.07) is 7.69. The van der Waals surface area contributed by atoms with E-state index in [2.05, 4.69) is 42.3 Å². The van der Waals surface area contributed by atoms with Gasteiger partial charge in [-0.25, -0.2) is 0 Å². The number of likely N-dealkylation sites (tertiary alicyclic amines) is 1. The van der Waals surface area contributed by atoms with Crippen LogP contribution >= 0.6 is 24.8 Å². The van der Waals surface area contributed by atoms with Crippen LogP contribution in [-0.4, -0.2) is 43.7 Å². The molecule has 1 heterocycles. The van der Waals surface area contributed by atoms with E-state index in [9.17, 15) is 4.79 Å². The fourth-order valence-electron chi connectivity index (χ4n) is 3.61. The van der Waals surface area contributed by atoms with Gasteiger partial charge in [0, 0.05) is 33.3 Å². The minimum Gasteiger partial charge on any atom is -0.383 e. The maximum atomic E-state index is 12.0. The van der Waals surface area contributed by atoms with Gasteiger partial charge in [0.25, 0.3) is 0 Å². The van der Waals surface area contributed by atoms with Crippen molar-refractivity contribution in [2.24, 2.45) is 17.6 Å². The SMILES string of the molecule is COCC(N)C(=O)NCc1ccccc1CN1CC(C)CC(C)C1.Cl.Cl. The number of amides is 1. The summed E-state index contributed by atoms with van der Waals surface area (Å²) in [5.74, 6) is 1.31. The van der Waals surface area contributed by atoms with Crippen LogP contribution in [0.1, 0.15) is 31.4 Å². The van der Waals surface area contributed by atoms with E-state index in [1.54, 1.807) is 7.11 Å². The molecular formula is C19H33Cl2N3O2. The second-order valence-corrected chi connectivity index (χ2v) is 7.19. The summed E-state index contributed by atoms with van der Waals surface area (Å²) >= 11 is 0. The molecule has 1 saturated heterocycles. The number of nitrogens with zero attached hydrogens (tertiary/aromatic N) is 1. The van der Waals surface area contributed by atoms with Crippen LogP contribution in [0.2, 0.25) is 0 Å². The van der Waals surface area contributed by atoms with Crippen LogP contribution in [0.4, 0.5) is 0 Å². The molecule has 1 aliphatic rings. The first-order valence-corrected chi connectivity index (χ1v) is 8.81. The number of methoxy groups -OCH3 is 1. The molecule has 3 unspecified atom stereocenters. The van der Waals surface area contributed by atoms with E-state index < -0.39 is 6.04 Å². The van der Waals surface area contributed by atoms with Gasteiger partial charge in [-0.2, -0.15) is 0 Å².